The molecule has 43 heavy (non-hydrogen) atoms. The van der Waals surface area contributed by atoms with E-state index < -0.39 is 46.7 Å². The summed E-state index contributed by atoms with van der Waals surface area (Å²) in [5.74, 6) is -1.87. The van der Waals surface area contributed by atoms with Crippen molar-refractivity contribution in [1.29, 1.82) is 0 Å². The van der Waals surface area contributed by atoms with E-state index in [9.17, 15) is 14.7 Å². The molecule has 1 N–H and O–H groups in total. The lowest BCUT2D eigenvalue weighted by molar-refractivity contribution is -0.285. The van der Waals surface area contributed by atoms with E-state index in [0.717, 1.165) is 19.4 Å². The zero-order chi connectivity index (χ0) is 30.5. The lowest BCUT2D eigenvalue weighted by atomic mass is 9.43. The number of hydrogen-bond acceptors (Lipinski definition) is 10. The Balaban J connectivity index is 1.48. The summed E-state index contributed by atoms with van der Waals surface area (Å²) in [4.78, 5) is 29.2. The van der Waals surface area contributed by atoms with Crippen molar-refractivity contribution in [3.05, 3.63) is 35.9 Å². The van der Waals surface area contributed by atoms with Crippen LogP contribution in [0.4, 0.5) is 0 Å². The molecule has 236 valence electrons. The summed E-state index contributed by atoms with van der Waals surface area (Å²) >= 11 is 0. The first-order valence-electron chi connectivity index (χ1n) is 15.5. The van der Waals surface area contributed by atoms with E-state index in [1.54, 1.807) is 52.7 Å². The normalized spacial score (nSPS) is 49.0. The quantitative estimate of drug-likeness (QED) is 0.447. The second kappa shape index (κ2) is 9.96. The van der Waals surface area contributed by atoms with Crippen LogP contribution < -0.4 is 0 Å². The number of fused-ring (bicyclic) bond motifs is 2. The van der Waals surface area contributed by atoms with Gasteiger partial charge in [0.1, 0.15) is 17.3 Å². The molecule has 5 aliphatic carbocycles. The number of piperidine rings is 1. The van der Waals surface area contributed by atoms with Gasteiger partial charge in [-0.05, 0) is 44.4 Å². The van der Waals surface area contributed by atoms with Crippen LogP contribution in [-0.2, 0) is 33.2 Å². The molecule has 7 bridgehead atoms. The van der Waals surface area contributed by atoms with Crippen LogP contribution in [0.2, 0.25) is 0 Å². The van der Waals surface area contributed by atoms with Crippen molar-refractivity contribution >= 4 is 11.9 Å². The van der Waals surface area contributed by atoms with Gasteiger partial charge in [0.2, 0.25) is 0 Å². The molecule has 10 nitrogen and oxygen atoms in total. The van der Waals surface area contributed by atoms with Crippen molar-refractivity contribution in [1.82, 2.24) is 4.90 Å². The van der Waals surface area contributed by atoms with Gasteiger partial charge in [0.15, 0.2) is 0 Å². The molecular formula is C33H45NO9. The third kappa shape index (κ3) is 3.51. The van der Waals surface area contributed by atoms with Crippen LogP contribution in [0.1, 0.15) is 43.0 Å². The van der Waals surface area contributed by atoms with Crippen LogP contribution in [-0.4, -0.2) is 112 Å². The first-order valence-corrected chi connectivity index (χ1v) is 15.5. The minimum atomic E-state index is -1.48. The standard InChI is InChI=1S/C33H45NO9/c1-18(35)43-32-15-22(40-5)31(37)14-20(23(32)28(31)42-29(36)19-10-8-7-9-11-19)33-21(39-4)12-13-30(17-38-3)16-34(2)27(33)24(32)25(41-6)26(30)33/h7-11,20-28,37H,12-17H2,1-6H3/t20-,21+,22+,23-,24+,25-,26-,27-,28-,30+,31+,32-,33+/m1/s1. The minimum absolute atomic E-state index is 0.0201. The predicted molar refractivity (Wildman–Crippen MR) is 153 cm³/mol. The van der Waals surface area contributed by atoms with Crippen molar-refractivity contribution < 1.29 is 43.1 Å². The van der Waals surface area contributed by atoms with Crippen LogP contribution in [0.5, 0.6) is 0 Å². The van der Waals surface area contributed by atoms with Gasteiger partial charge in [-0.25, -0.2) is 4.79 Å². The molecule has 0 unspecified atom stereocenters. The number of likely N-dealkylation sites (tertiary alicyclic amines) is 1. The molecule has 1 aromatic carbocycles. The highest BCUT2D eigenvalue weighted by Crippen LogP contribution is 2.80. The Kier molecular flexibility index (Phi) is 6.86. The second-order valence-electron chi connectivity index (χ2n) is 14.1. The van der Waals surface area contributed by atoms with Gasteiger partial charge in [0.25, 0.3) is 0 Å². The number of methoxy groups -OCH3 is 4. The maximum absolute atomic E-state index is 13.7. The fraction of sp³-hybridized carbons (Fsp3) is 0.758. The van der Waals surface area contributed by atoms with Crippen molar-refractivity contribution in [2.75, 3.05) is 48.6 Å². The zero-order valence-corrected chi connectivity index (χ0v) is 26.0. The summed E-state index contributed by atoms with van der Waals surface area (Å²) in [5.41, 5.74) is -2.88. The summed E-state index contributed by atoms with van der Waals surface area (Å²) in [6.45, 7) is 2.82. The molecule has 1 spiro atoms. The average molecular weight is 600 g/mol. The highest BCUT2D eigenvalue weighted by Gasteiger charge is 2.89. The number of ether oxygens (including phenoxy) is 6. The molecule has 6 aliphatic rings. The molecule has 0 aromatic heterocycles. The van der Waals surface area contributed by atoms with Crippen LogP contribution in [0.3, 0.4) is 0 Å². The summed E-state index contributed by atoms with van der Waals surface area (Å²) in [6.07, 6.45) is 0.272. The molecule has 1 heterocycles. The molecule has 6 fully saturated rings. The van der Waals surface area contributed by atoms with Crippen LogP contribution in [0, 0.1) is 34.5 Å². The number of carbonyl (C=O) groups is 2. The minimum Gasteiger partial charge on any atom is -0.458 e. The maximum atomic E-state index is 13.7. The fourth-order valence-electron chi connectivity index (χ4n) is 12.2. The van der Waals surface area contributed by atoms with E-state index >= 15 is 0 Å². The van der Waals surface area contributed by atoms with E-state index in [1.807, 2.05) is 6.07 Å². The second-order valence-corrected chi connectivity index (χ2v) is 14.1. The van der Waals surface area contributed by atoms with Crippen LogP contribution in [0.15, 0.2) is 30.3 Å². The van der Waals surface area contributed by atoms with Gasteiger partial charge in [-0.2, -0.15) is 0 Å². The number of hydrogen-bond donors (Lipinski definition) is 1. The average Bonchev–Trinajstić information content (AvgIpc) is 3.37. The third-order valence-corrected chi connectivity index (χ3v) is 12.7. The van der Waals surface area contributed by atoms with Gasteiger partial charge in [-0.3, -0.25) is 4.79 Å². The van der Waals surface area contributed by atoms with Gasteiger partial charge in [-0.15, -0.1) is 0 Å². The Labute approximate surface area is 253 Å². The highest BCUT2D eigenvalue weighted by molar-refractivity contribution is 5.89. The molecule has 5 saturated carbocycles. The Hall–Kier alpha value is -2.08. The maximum Gasteiger partial charge on any atom is 0.338 e. The number of nitrogens with zero attached hydrogens (tertiary/aromatic N) is 1. The van der Waals surface area contributed by atoms with E-state index in [4.69, 9.17) is 28.4 Å². The Bertz CT molecular complexity index is 1280. The van der Waals surface area contributed by atoms with Crippen LogP contribution in [0.25, 0.3) is 0 Å². The lowest BCUT2D eigenvalue weighted by Crippen LogP contribution is -2.77. The van der Waals surface area contributed by atoms with Gasteiger partial charge in [0, 0.05) is 83.0 Å². The predicted octanol–water partition coefficient (Wildman–Crippen LogP) is 2.32. The number of aliphatic hydroxyl groups is 1. The van der Waals surface area contributed by atoms with Crippen molar-refractivity contribution in [3.8, 4) is 0 Å². The summed E-state index contributed by atoms with van der Waals surface area (Å²) in [7, 11) is 9.01. The Morgan fingerprint density at radius 2 is 1.72 bits per heavy atom. The first kappa shape index (κ1) is 29.6. The van der Waals surface area contributed by atoms with Crippen molar-refractivity contribution in [2.45, 2.75) is 74.3 Å². The molecule has 10 heteroatoms. The molecule has 0 amide bonds. The Morgan fingerprint density at radius 1 is 1.00 bits per heavy atom. The lowest BCUT2D eigenvalue weighted by Gasteiger charge is -2.69. The summed E-state index contributed by atoms with van der Waals surface area (Å²) < 4.78 is 38.0. The largest absolute Gasteiger partial charge is 0.458 e. The molecule has 0 radical (unpaired) electrons. The van der Waals surface area contributed by atoms with E-state index in [0.29, 0.717) is 18.6 Å². The summed E-state index contributed by atoms with van der Waals surface area (Å²) in [5, 5.41) is 12.7. The molecular weight excluding hydrogens is 554 g/mol. The zero-order valence-electron chi connectivity index (χ0n) is 26.0. The number of carbonyl (C=O) groups excluding carboxylic acids is 2. The Morgan fingerprint density at radius 3 is 2.35 bits per heavy atom. The number of benzene rings is 1. The monoisotopic (exact) mass is 599 g/mol. The van der Waals surface area contributed by atoms with Gasteiger partial charge >= 0.3 is 11.9 Å². The third-order valence-electron chi connectivity index (χ3n) is 12.7. The first-order chi connectivity index (χ1) is 20.6. The van der Waals surface area contributed by atoms with E-state index in [1.165, 1.54) is 6.92 Å². The van der Waals surface area contributed by atoms with Crippen LogP contribution >= 0.6 is 0 Å². The smallest absolute Gasteiger partial charge is 0.338 e. The van der Waals surface area contributed by atoms with Gasteiger partial charge in [0.05, 0.1) is 30.5 Å². The van der Waals surface area contributed by atoms with E-state index in [-0.39, 0.29) is 47.8 Å². The van der Waals surface area contributed by atoms with Crippen molar-refractivity contribution in [3.63, 3.8) is 0 Å². The summed E-state index contributed by atoms with van der Waals surface area (Å²) in [6, 6.07) is 8.77. The fourth-order valence-corrected chi connectivity index (χ4v) is 12.2. The number of esters is 2. The topological polar surface area (TPSA) is 113 Å². The molecule has 1 saturated heterocycles. The molecule has 1 aliphatic heterocycles. The molecule has 7 rings (SSSR count). The van der Waals surface area contributed by atoms with Gasteiger partial charge < -0.3 is 38.4 Å². The van der Waals surface area contributed by atoms with Crippen molar-refractivity contribution in [2.24, 2.45) is 34.5 Å². The molecule has 1 aromatic rings. The van der Waals surface area contributed by atoms with E-state index in [2.05, 4.69) is 11.9 Å². The molecule has 13 atom stereocenters. The SMILES string of the molecule is COC[C@@]12CC[C@H](OC)[C@@]34[C@@H]5C[C@]6(O)[C@@H](OC)C[C@@](OC(C)=O)([C@H]5[C@H]6OC(=O)c5ccccc5)[C@@H]([C@@H](OC)[C@H]13)[C@H]4N(C)C2. The highest BCUT2D eigenvalue weighted by atomic mass is 16.6. The van der Waals surface area contributed by atoms with Gasteiger partial charge in [-0.1, -0.05) is 18.2 Å². The number of rotatable bonds is 8.